The van der Waals surface area contributed by atoms with Crippen molar-refractivity contribution >= 4 is 39.3 Å². The normalized spacial score (nSPS) is 11.8. The van der Waals surface area contributed by atoms with Gasteiger partial charge in [-0.05, 0) is 77.3 Å². The van der Waals surface area contributed by atoms with E-state index in [9.17, 15) is 10.1 Å². The van der Waals surface area contributed by atoms with Crippen molar-refractivity contribution in [2.24, 2.45) is 0 Å². The minimum atomic E-state index is -0.557. The van der Waals surface area contributed by atoms with Gasteiger partial charge in [-0.2, -0.15) is 0 Å². The van der Waals surface area contributed by atoms with Crippen LogP contribution in [0.1, 0.15) is 27.8 Å². The van der Waals surface area contributed by atoms with Crippen LogP contribution in [-0.4, -0.2) is 33.3 Å². The fourth-order valence-corrected chi connectivity index (χ4v) is 5.54. The molecule has 0 aliphatic carbocycles. The van der Waals surface area contributed by atoms with Crippen LogP contribution >= 0.6 is 39.3 Å². The number of halogens is 2. The first-order chi connectivity index (χ1) is 17.7. The van der Waals surface area contributed by atoms with E-state index in [4.69, 9.17) is 21.1 Å². The third-order valence-corrected chi connectivity index (χ3v) is 7.59. The van der Waals surface area contributed by atoms with Crippen molar-refractivity contribution < 1.29 is 14.4 Å². The van der Waals surface area contributed by atoms with Gasteiger partial charge in [0.1, 0.15) is 17.7 Å². The lowest BCUT2D eigenvalue weighted by Gasteiger charge is -2.18. The van der Waals surface area contributed by atoms with Gasteiger partial charge < -0.3 is 9.47 Å². The van der Waals surface area contributed by atoms with Gasteiger partial charge in [-0.1, -0.05) is 53.2 Å². The van der Waals surface area contributed by atoms with Crippen molar-refractivity contribution in [3.63, 3.8) is 0 Å². The molecule has 0 saturated heterocycles. The zero-order valence-electron chi connectivity index (χ0n) is 20.4. The number of rotatable bonds is 10. The fourth-order valence-electron chi connectivity index (χ4n) is 3.69. The molecule has 0 spiro atoms. The van der Waals surface area contributed by atoms with Gasteiger partial charge in [0, 0.05) is 15.6 Å². The van der Waals surface area contributed by atoms with Gasteiger partial charge in [-0.3, -0.25) is 14.7 Å². The van der Waals surface area contributed by atoms with Crippen LogP contribution in [0.15, 0.2) is 70.3 Å². The predicted molar refractivity (Wildman–Crippen MR) is 148 cm³/mol. The standard InChI is InChI=1S/C26H24BrClN4O4S/c1-16-4-10-21(11-5-16)32-17(2)29-30-26(32)37-24(14-31(33)34)19-12-22(27)25(23(13-19)35-3)36-15-18-6-8-20(28)9-7-18/h4-13,24H,14-15H2,1-3H3/t24-/m1/s1. The molecule has 0 aliphatic rings. The van der Waals surface area contributed by atoms with E-state index in [0.717, 1.165) is 16.8 Å². The predicted octanol–water partition coefficient (Wildman–Crippen LogP) is 7.00. The number of thioether (sulfide) groups is 1. The number of aromatic nitrogens is 3. The number of benzene rings is 3. The summed E-state index contributed by atoms with van der Waals surface area (Å²) in [5, 5.41) is 20.8. The maximum Gasteiger partial charge on any atom is 0.220 e. The molecule has 4 rings (SSSR count). The number of hydrogen-bond acceptors (Lipinski definition) is 7. The Morgan fingerprint density at radius 1 is 1.11 bits per heavy atom. The number of nitrogens with zero attached hydrogens (tertiary/aromatic N) is 4. The van der Waals surface area contributed by atoms with E-state index in [1.165, 1.54) is 18.9 Å². The third-order valence-electron chi connectivity index (χ3n) is 5.57. The van der Waals surface area contributed by atoms with Gasteiger partial charge in [-0.25, -0.2) is 0 Å². The van der Waals surface area contributed by atoms with E-state index in [0.29, 0.717) is 44.1 Å². The highest BCUT2D eigenvalue weighted by Gasteiger charge is 2.26. The summed E-state index contributed by atoms with van der Waals surface area (Å²) in [6.07, 6.45) is 0. The Bertz CT molecular complexity index is 1400. The second-order valence-corrected chi connectivity index (χ2v) is 10.7. The van der Waals surface area contributed by atoms with Crippen LogP contribution in [0.3, 0.4) is 0 Å². The molecule has 0 fully saturated rings. The average Bonchev–Trinajstić information content (AvgIpc) is 3.23. The van der Waals surface area contributed by atoms with E-state index in [-0.39, 0.29) is 11.5 Å². The number of hydrogen-bond donors (Lipinski definition) is 0. The lowest BCUT2D eigenvalue weighted by atomic mass is 10.1. The number of ether oxygens (including phenoxy) is 2. The molecule has 1 aromatic heterocycles. The van der Waals surface area contributed by atoms with Crippen molar-refractivity contribution in [2.75, 3.05) is 13.7 Å². The van der Waals surface area contributed by atoms with Gasteiger partial charge in [0.2, 0.25) is 6.54 Å². The maximum absolute atomic E-state index is 11.6. The monoisotopic (exact) mass is 602 g/mol. The van der Waals surface area contributed by atoms with Crippen LogP contribution in [0.4, 0.5) is 0 Å². The molecule has 1 atom stereocenters. The second kappa shape index (κ2) is 12.0. The fraction of sp³-hybridized carbons (Fsp3) is 0.231. The SMILES string of the molecule is COc1cc([C@@H](C[N+](=O)[O-])Sc2nnc(C)n2-c2ccc(C)cc2)cc(Br)c1OCc1ccc(Cl)cc1. The molecule has 11 heteroatoms. The van der Waals surface area contributed by atoms with Crippen LogP contribution < -0.4 is 9.47 Å². The summed E-state index contributed by atoms with van der Waals surface area (Å²) in [4.78, 5) is 11.3. The molecule has 3 aromatic carbocycles. The smallest absolute Gasteiger partial charge is 0.220 e. The molecular weight excluding hydrogens is 580 g/mol. The zero-order chi connectivity index (χ0) is 26.5. The Morgan fingerprint density at radius 2 is 1.81 bits per heavy atom. The Balaban J connectivity index is 1.64. The molecule has 8 nitrogen and oxygen atoms in total. The molecule has 4 aromatic rings. The minimum absolute atomic E-state index is 0.303. The minimum Gasteiger partial charge on any atom is -0.493 e. The zero-order valence-corrected chi connectivity index (χ0v) is 23.5. The summed E-state index contributed by atoms with van der Waals surface area (Å²) in [7, 11) is 1.54. The molecule has 0 N–H and O–H groups in total. The molecule has 192 valence electrons. The van der Waals surface area contributed by atoms with Crippen molar-refractivity contribution in [1.82, 2.24) is 14.8 Å². The Labute approximate surface area is 232 Å². The van der Waals surface area contributed by atoms with E-state index in [1.54, 1.807) is 18.2 Å². The van der Waals surface area contributed by atoms with Crippen molar-refractivity contribution in [3.05, 3.63) is 103 Å². The summed E-state index contributed by atoms with van der Waals surface area (Å²) in [5.41, 5.74) is 3.65. The Kier molecular flexibility index (Phi) is 8.73. The highest BCUT2D eigenvalue weighted by atomic mass is 79.9. The van der Waals surface area contributed by atoms with Gasteiger partial charge in [0.15, 0.2) is 16.7 Å². The van der Waals surface area contributed by atoms with Crippen LogP contribution in [0, 0.1) is 24.0 Å². The van der Waals surface area contributed by atoms with Crippen LogP contribution in [0.5, 0.6) is 11.5 Å². The summed E-state index contributed by atoms with van der Waals surface area (Å²) < 4.78 is 14.1. The lowest BCUT2D eigenvalue weighted by Crippen LogP contribution is -2.12. The summed E-state index contributed by atoms with van der Waals surface area (Å²) in [6.45, 7) is 3.86. The molecular formula is C26H24BrClN4O4S. The van der Waals surface area contributed by atoms with Crippen LogP contribution in [0.2, 0.25) is 5.02 Å². The van der Waals surface area contributed by atoms with Gasteiger partial charge >= 0.3 is 0 Å². The summed E-state index contributed by atoms with van der Waals surface area (Å²) in [5.74, 6) is 1.66. The topological polar surface area (TPSA) is 92.3 Å². The highest BCUT2D eigenvalue weighted by molar-refractivity contribution is 9.10. The quantitative estimate of drug-likeness (QED) is 0.109. The molecule has 0 unspecified atom stereocenters. The Morgan fingerprint density at radius 3 is 2.46 bits per heavy atom. The van der Waals surface area contributed by atoms with E-state index in [2.05, 4.69) is 26.1 Å². The number of methoxy groups -OCH3 is 1. The molecule has 0 amide bonds. The molecule has 0 bridgehead atoms. The first-order valence-corrected chi connectivity index (χ1v) is 13.3. The molecule has 0 saturated carbocycles. The van der Waals surface area contributed by atoms with Crippen LogP contribution in [-0.2, 0) is 6.61 Å². The van der Waals surface area contributed by atoms with Crippen molar-refractivity contribution in [2.45, 2.75) is 30.9 Å². The number of nitro groups is 1. The number of aryl methyl sites for hydroxylation is 2. The van der Waals surface area contributed by atoms with Crippen molar-refractivity contribution in [3.8, 4) is 17.2 Å². The lowest BCUT2D eigenvalue weighted by molar-refractivity contribution is -0.479. The highest BCUT2D eigenvalue weighted by Crippen LogP contribution is 2.43. The first kappa shape index (κ1) is 27.0. The largest absolute Gasteiger partial charge is 0.493 e. The molecule has 0 aliphatic heterocycles. The van der Waals surface area contributed by atoms with E-state index in [1.807, 2.05) is 60.9 Å². The second-order valence-electron chi connectivity index (χ2n) is 8.27. The molecule has 37 heavy (non-hydrogen) atoms. The first-order valence-electron chi connectivity index (χ1n) is 11.3. The van der Waals surface area contributed by atoms with Gasteiger partial charge in [0.25, 0.3) is 0 Å². The maximum atomic E-state index is 11.6. The van der Waals surface area contributed by atoms with E-state index < -0.39 is 5.25 Å². The molecule has 0 radical (unpaired) electrons. The van der Waals surface area contributed by atoms with Gasteiger partial charge in [0.05, 0.1) is 11.6 Å². The van der Waals surface area contributed by atoms with Crippen molar-refractivity contribution in [1.29, 1.82) is 0 Å². The van der Waals surface area contributed by atoms with E-state index >= 15 is 0 Å². The average molecular weight is 604 g/mol. The van der Waals surface area contributed by atoms with Crippen LogP contribution in [0.25, 0.3) is 5.69 Å². The summed E-state index contributed by atoms with van der Waals surface area (Å²) >= 11 is 10.8. The summed E-state index contributed by atoms with van der Waals surface area (Å²) in [6, 6.07) is 18.9. The molecule has 1 heterocycles. The Hall–Kier alpha value is -3.08. The third kappa shape index (κ3) is 6.63. The van der Waals surface area contributed by atoms with Gasteiger partial charge in [-0.15, -0.1) is 10.2 Å².